The quantitative estimate of drug-likeness (QED) is 0.529. The van der Waals surface area contributed by atoms with Crippen LogP contribution in [-0.2, 0) is 0 Å². The summed E-state index contributed by atoms with van der Waals surface area (Å²) in [5.41, 5.74) is 8.50. The van der Waals surface area contributed by atoms with Crippen molar-refractivity contribution in [3.8, 4) is 0 Å². The van der Waals surface area contributed by atoms with E-state index in [1.807, 2.05) is 0 Å². The lowest BCUT2D eigenvalue weighted by Crippen LogP contribution is -2.18. The molecule has 3 heteroatoms. The van der Waals surface area contributed by atoms with E-state index in [0.717, 1.165) is 0 Å². The Morgan fingerprint density at radius 2 is 0.900 bits per heavy atom. The molecule has 0 radical (unpaired) electrons. The van der Waals surface area contributed by atoms with Crippen molar-refractivity contribution < 1.29 is 4.79 Å². The second-order valence-electron chi connectivity index (χ2n) is 2.52. The molecule has 1 aliphatic rings. The van der Waals surface area contributed by atoms with Gasteiger partial charge >= 0.3 is 6.03 Å². The molecule has 0 heterocycles. The van der Waals surface area contributed by atoms with Crippen molar-refractivity contribution in [1.29, 1.82) is 0 Å². The van der Waals surface area contributed by atoms with Gasteiger partial charge in [0.1, 0.15) is 0 Å². The first-order chi connectivity index (χ1) is 4.73. The first kappa shape index (κ1) is 9.27. The topological polar surface area (TPSA) is 69.1 Å². The van der Waals surface area contributed by atoms with Crippen molar-refractivity contribution in [3.05, 3.63) is 0 Å². The molecule has 4 N–H and O–H groups in total. The Bertz CT molecular complexity index is 74.1. The van der Waals surface area contributed by atoms with Crippen LogP contribution in [0.25, 0.3) is 0 Å². The van der Waals surface area contributed by atoms with Crippen LogP contribution in [0.15, 0.2) is 0 Å². The lowest BCUT2D eigenvalue weighted by atomic mass is 10.0. The minimum Gasteiger partial charge on any atom is -0.352 e. The van der Waals surface area contributed by atoms with Gasteiger partial charge in [-0.15, -0.1) is 0 Å². The van der Waals surface area contributed by atoms with Gasteiger partial charge in [-0.3, -0.25) is 0 Å². The fourth-order valence-corrected chi connectivity index (χ4v) is 1.06. The summed E-state index contributed by atoms with van der Waals surface area (Å²) < 4.78 is 0. The average Bonchev–Trinajstić information content (AvgIpc) is 1.90. The summed E-state index contributed by atoms with van der Waals surface area (Å²) in [4.78, 5) is 9.00. The smallest absolute Gasteiger partial charge is 0.309 e. The summed E-state index contributed by atoms with van der Waals surface area (Å²) in [7, 11) is 0. The van der Waals surface area contributed by atoms with E-state index in [2.05, 4.69) is 11.5 Å². The van der Waals surface area contributed by atoms with E-state index in [4.69, 9.17) is 4.79 Å². The fraction of sp³-hybridized carbons (Fsp3) is 0.857. The maximum Gasteiger partial charge on any atom is 0.309 e. The number of hydrogen-bond donors (Lipinski definition) is 2. The van der Waals surface area contributed by atoms with Gasteiger partial charge in [0.2, 0.25) is 0 Å². The van der Waals surface area contributed by atoms with Crippen LogP contribution in [0.3, 0.4) is 0 Å². The first-order valence-electron chi connectivity index (χ1n) is 3.78. The second-order valence-corrected chi connectivity index (χ2v) is 2.52. The fourth-order valence-electron chi connectivity index (χ4n) is 1.06. The maximum atomic E-state index is 9.00. The highest BCUT2D eigenvalue weighted by Crippen LogP contribution is 2.15. The number of urea groups is 1. The van der Waals surface area contributed by atoms with Gasteiger partial charge in [0.15, 0.2) is 0 Å². The molecule has 0 bridgehead atoms. The van der Waals surface area contributed by atoms with Crippen molar-refractivity contribution in [2.24, 2.45) is 11.5 Å². The predicted molar refractivity (Wildman–Crippen MR) is 41.5 cm³/mol. The highest BCUT2D eigenvalue weighted by atomic mass is 16.2. The zero-order valence-corrected chi connectivity index (χ0v) is 6.31. The summed E-state index contributed by atoms with van der Waals surface area (Å²) in [5.74, 6) is 0. The van der Waals surface area contributed by atoms with E-state index in [1.54, 1.807) is 0 Å². The van der Waals surface area contributed by atoms with Gasteiger partial charge in [-0.2, -0.15) is 0 Å². The molecule has 10 heavy (non-hydrogen) atoms. The lowest BCUT2D eigenvalue weighted by Gasteiger charge is -2.05. The Balaban J connectivity index is 0.000000180. The van der Waals surface area contributed by atoms with Crippen molar-refractivity contribution in [3.63, 3.8) is 0 Å². The van der Waals surface area contributed by atoms with E-state index < -0.39 is 6.03 Å². The van der Waals surface area contributed by atoms with E-state index in [-0.39, 0.29) is 0 Å². The molecule has 1 aliphatic carbocycles. The number of carbonyl (C=O) groups excluding carboxylic acids is 1. The van der Waals surface area contributed by atoms with Crippen LogP contribution in [0.2, 0.25) is 0 Å². The second kappa shape index (κ2) is 6.39. The van der Waals surface area contributed by atoms with Crippen molar-refractivity contribution in [1.82, 2.24) is 0 Å². The van der Waals surface area contributed by atoms with Gasteiger partial charge in [-0.25, -0.2) is 4.79 Å². The van der Waals surface area contributed by atoms with Crippen LogP contribution < -0.4 is 11.5 Å². The number of nitrogens with two attached hydrogens (primary N) is 2. The Hall–Kier alpha value is -0.730. The van der Waals surface area contributed by atoms with Crippen LogP contribution in [0, 0.1) is 0 Å². The number of carbonyl (C=O) groups is 1. The van der Waals surface area contributed by atoms with E-state index in [9.17, 15) is 0 Å². The van der Waals surface area contributed by atoms with Crippen LogP contribution >= 0.6 is 0 Å². The minimum absolute atomic E-state index is 0.833. The molecule has 0 saturated heterocycles. The molecule has 0 aliphatic heterocycles. The molecule has 0 aromatic carbocycles. The van der Waals surface area contributed by atoms with Crippen LogP contribution in [0.4, 0.5) is 4.79 Å². The minimum atomic E-state index is -0.833. The standard InChI is InChI=1S/C6H12.CH4N2O/c1-2-4-6-5-3-1;2-1(3)4/h1-6H2;(H4,2,3,4). The Labute approximate surface area is 61.8 Å². The summed E-state index contributed by atoms with van der Waals surface area (Å²) in [6.45, 7) is 0. The largest absolute Gasteiger partial charge is 0.352 e. The number of hydrogen-bond acceptors (Lipinski definition) is 1. The van der Waals surface area contributed by atoms with E-state index >= 15 is 0 Å². The summed E-state index contributed by atoms with van der Waals surface area (Å²) in [6, 6.07) is -0.833. The van der Waals surface area contributed by atoms with Crippen LogP contribution in [0.1, 0.15) is 38.5 Å². The average molecular weight is 144 g/mol. The van der Waals surface area contributed by atoms with Crippen LogP contribution in [-0.4, -0.2) is 6.03 Å². The molecule has 1 rings (SSSR count). The molecule has 0 unspecified atom stereocenters. The zero-order valence-electron chi connectivity index (χ0n) is 6.31. The Morgan fingerprint density at radius 3 is 1.00 bits per heavy atom. The third-order valence-electron chi connectivity index (χ3n) is 1.50. The highest BCUT2D eigenvalue weighted by molar-refractivity contribution is 5.69. The number of primary amides is 2. The SMILES string of the molecule is C1CCCCC1.NC(N)=O. The Kier molecular flexibility index (Phi) is 5.92. The molecule has 0 aromatic rings. The lowest BCUT2D eigenvalue weighted by molar-refractivity contribution is 0.256. The zero-order chi connectivity index (χ0) is 7.82. The number of amides is 2. The van der Waals surface area contributed by atoms with Crippen LogP contribution in [0.5, 0.6) is 0 Å². The molecular weight excluding hydrogens is 128 g/mol. The van der Waals surface area contributed by atoms with Gasteiger partial charge in [0.25, 0.3) is 0 Å². The monoisotopic (exact) mass is 144 g/mol. The predicted octanol–water partition coefficient (Wildman–Crippen LogP) is 1.36. The summed E-state index contributed by atoms with van der Waals surface area (Å²) in [6.07, 6.45) is 9.00. The maximum absolute atomic E-state index is 9.00. The van der Waals surface area contributed by atoms with Gasteiger partial charge in [-0.05, 0) is 0 Å². The highest BCUT2D eigenvalue weighted by Gasteiger charge is 1.95. The van der Waals surface area contributed by atoms with E-state index in [0.29, 0.717) is 0 Å². The third kappa shape index (κ3) is 10.3. The van der Waals surface area contributed by atoms with Crippen molar-refractivity contribution in [2.45, 2.75) is 38.5 Å². The molecule has 3 nitrogen and oxygen atoms in total. The van der Waals surface area contributed by atoms with Gasteiger partial charge in [0.05, 0.1) is 0 Å². The normalized spacial score (nSPS) is 16.8. The molecular formula is C7H16N2O. The molecule has 1 fully saturated rings. The van der Waals surface area contributed by atoms with Gasteiger partial charge in [0, 0.05) is 0 Å². The molecule has 2 amide bonds. The summed E-state index contributed by atoms with van der Waals surface area (Å²) >= 11 is 0. The van der Waals surface area contributed by atoms with Crippen molar-refractivity contribution in [2.75, 3.05) is 0 Å². The molecule has 0 aromatic heterocycles. The first-order valence-corrected chi connectivity index (χ1v) is 3.78. The van der Waals surface area contributed by atoms with Gasteiger partial charge < -0.3 is 11.5 Å². The number of rotatable bonds is 0. The van der Waals surface area contributed by atoms with Gasteiger partial charge in [-0.1, -0.05) is 38.5 Å². The third-order valence-corrected chi connectivity index (χ3v) is 1.50. The molecule has 0 atom stereocenters. The molecule has 60 valence electrons. The summed E-state index contributed by atoms with van der Waals surface area (Å²) in [5, 5.41) is 0. The van der Waals surface area contributed by atoms with E-state index in [1.165, 1.54) is 38.5 Å². The Morgan fingerprint density at radius 1 is 0.800 bits per heavy atom. The molecule has 0 spiro atoms. The van der Waals surface area contributed by atoms with Crippen molar-refractivity contribution >= 4 is 6.03 Å². The molecule has 1 saturated carbocycles.